The van der Waals surface area contributed by atoms with Crippen LogP contribution in [0, 0.1) is 5.92 Å². The van der Waals surface area contributed by atoms with Crippen molar-refractivity contribution < 1.29 is 13.2 Å². The number of fused-ring (bicyclic) bond motifs is 1. The number of benzene rings is 1. The van der Waals surface area contributed by atoms with Gasteiger partial charge in [0, 0.05) is 49.4 Å². The summed E-state index contributed by atoms with van der Waals surface area (Å²) in [4.78, 5) is 13.9. The number of hydrogen-bond donors (Lipinski definition) is 0. The first-order chi connectivity index (χ1) is 11.4. The van der Waals surface area contributed by atoms with Gasteiger partial charge >= 0.3 is 0 Å². The maximum absolute atomic E-state index is 12.3. The number of carbonyl (C=O) groups excluding carboxylic acids is 1. The molecule has 1 atom stereocenters. The molecule has 2 aromatic rings. The zero-order valence-corrected chi connectivity index (χ0v) is 14.8. The molecule has 128 valence electrons. The van der Waals surface area contributed by atoms with E-state index in [1.54, 1.807) is 18.0 Å². The third kappa shape index (κ3) is 3.53. The Labute approximate surface area is 142 Å². The normalized spacial score (nSPS) is 20.0. The summed E-state index contributed by atoms with van der Waals surface area (Å²) in [5.74, 6) is 0.380. The fourth-order valence-corrected chi connectivity index (χ4v) is 5.14. The average molecular weight is 346 g/mol. The Morgan fingerprint density at radius 3 is 2.83 bits per heavy atom. The van der Waals surface area contributed by atoms with Crippen molar-refractivity contribution in [3.05, 3.63) is 42.1 Å². The fourth-order valence-electron chi connectivity index (χ4n) is 3.29. The van der Waals surface area contributed by atoms with Crippen LogP contribution in [0.4, 0.5) is 0 Å². The van der Waals surface area contributed by atoms with Gasteiger partial charge in [-0.2, -0.15) is 0 Å². The molecule has 0 spiro atoms. The second kappa shape index (κ2) is 6.43. The molecule has 1 fully saturated rings. The maximum Gasteiger partial charge on any atom is 0.246 e. The summed E-state index contributed by atoms with van der Waals surface area (Å²) < 4.78 is 25.1. The highest BCUT2D eigenvalue weighted by Crippen LogP contribution is 2.22. The number of likely N-dealkylation sites (N-methyl/N-ethyl adjacent to an activating group) is 1. The number of para-hydroxylation sites is 1. The lowest BCUT2D eigenvalue weighted by atomic mass is 10.1. The molecule has 0 unspecified atom stereocenters. The summed E-state index contributed by atoms with van der Waals surface area (Å²) in [5.41, 5.74) is 2.12. The topological polar surface area (TPSA) is 59.4 Å². The molecule has 1 aliphatic rings. The van der Waals surface area contributed by atoms with E-state index in [4.69, 9.17) is 0 Å². The Kier molecular flexibility index (Phi) is 4.49. The third-order valence-corrected chi connectivity index (χ3v) is 6.41. The molecule has 1 aromatic carbocycles. The van der Waals surface area contributed by atoms with Gasteiger partial charge in [-0.05, 0) is 24.5 Å². The van der Waals surface area contributed by atoms with Crippen LogP contribution < -0.4 is 0 Å². The number of rotatable bonds is 4. The van der Waals surface area contributed by atoms with Gasteiger partial charge in [0.2, 0.25) is 5.91 Å². The van der Waals surface area contributed by atoms with Crippen LogP contribution in [0.25, 0.3) is 17.0 Å². The lowest BCUT2D eigenvalue weighted by Gasteiger charge is -2.18. The minimum atomic E-state index is -2.90. The second-order valence-electron chi connectivity index (χ2n) is 6.53. The van der Waals surface area contributed by atoms with E-state index in [1.165, 1.54) is 0 Å². The maximum atomic E-state index is 12.3. The molecule has 1 aliphatic heterocycles. The predicted octanol–water partition coefficient (Wildman–Crippen LogP) is 2.08. The van der Waals surface area contributed by atoms with Crippen molar-refractivity contribution in [3.8, 4) is 0 Å². The van der Waals surface area contributed by atoms with Crippen LogP contribution in [0.15, 0.2) is 36.5 Å². The van der Waals surface area contributed by atoms with Gasteiger partial charge in [-0.15, -0.1) is 0 Å². The minimum Gasteiger partial charge on any atom is -0.350 e. The monoisotopic (exact) mass is 346 g/mol. The van der Waals surface area contributed by atoms with E-state index in [1.807, 2.05) is 48.2 Å². The van der Waals surface area contributed by atoms with Gasteiger partial charge < -0.3 is 9.47 Å². The molecule has 6 heteroatoms. The smallest absolute Gasteiger partial charge is 0.246 e. The lowest BCUT2D eigenvalue weighted by molar-refractivity contribution is -0.125. The minimum absolute atomic E-state index is 0.0508. The van der Waals surface area contributed by atoms with E-state index < -0.39 is 9.84 Å². The molecule has 1 amide bonds. The summed E-state index contributed by atoms with van der Waals surface area (Å²) >= 11 is 0. The molecule has 0 aliphatic carbocycles. The van der Waals surface area contributed by atoms with Gasteiger partial charge in [0.25, 0.3) is 0 Å². The highest BCUT2D eigenvalue weighted by molar-refractivity contribution is 7.91. The predicted molar refractivity (Wildman–Crippen MR) is 96.4 cm³/mol. The summed E-state index contributed by atoms with van der Waals surface area (Å²) in [6, 6.07) is 8.05. The van der Waals surface area contributed by atoms with Crippen LogP contribution >= 0.6 is 0 Å². The second-order valence-corrected chi connectivity index (χ2v) is 8.76. The molecule has 1 saturated heterocycles. The first-order valence-corrected chi connectivity index (χ1v) is 9.85. The molecule has 2 heterocycles. The van der Waals surface area contributed by atoms with E-state index in [-0.39, 0.29) is 23.3 Å². The SMILES string of the molecule is CN(C[C@H]1CCS(=O)(=O)C1)C(=O)/C=C/c1cn(C)c2ccccc12. The molecule has 3 rings (SSSR count). The number of amides is 1. The average Bonchev–Trinajstić information content (AvgIpc) is 3.05. The number of hydrogen-bond acceptors (Lipinski definition) is 3. The van der Waals surface area contributed by atoms with E-state index in [0.29, 0.717) is 13.0 Å². The van der Waals surface area contributed by atoms with Gasteiger partial charge in [-0.25, -0.2) is 8.42 Å². The Hall–Kier alpha value is -2.08. The molecule has 5 nitrogen and oxygen atoms in total. The summed E-state index contributed by atoms with van der Waals surface area (Å²) in [6.07, 6.45) is 6.03. The zero-order valence-electron chi connectivity index (χ0n) is 14.0. The van der Waals surface area contributed by atoms with Crippen molar-refractivity contribution in [1.82, 2.24) is 9.47 Å². The van der Waals surface area contributed by atoms with Crippen LogP contribution in [-0.4, -0.2) is 48.9 Å². The number of carbonyl (C=O) groups is 1. The van der Waals surface area contributed by atoms with Gasteiger partial charge in [-0.1, -0.05) is 18.2 Å². The summed E-state index contributed by atoms with van der Waals surface area (Å²) in [6.45, 7) is 0.484. The molecule has 0 bridgehead atoms. The van der Waals surface area contributed by atoms with E-state index in [0.717, 1.165) is 16.5 Å². The zero-order chi connectivity index (χ0) is 17.3. The van der Waals surface area contributed by atoms with Crippen LogP contribution in [-0.2, 0) is 21.7 Å². The van der Waals surface area contributed by atoms with Crippen LogP contribution in [0.3, 0.4) is 0 Å². The van der Waals surface area contributed by atoms with E-state index in [2.05, 4.69) is 0 Å². The van der Waals surface area contributed by atoms with E-state index >= 15 is 0 Å². The van der Waals surface area contributed by atoms with Crippen LogP contribution in [0.2, 0.25) is 0 Å². The molecule has 0 N–H and O–H groups in total. The number of nitrogens with zero attached hydrogens (tertiary/aromatic N) is 2. The fraction of sp³-hybridized carbons (Fsp3) is 0.389. The Morgan fingerprint density at radius 1 is 1.38 bits per heavy atom. The van der Waals surface area contributed by atoms with E-state index in [9.17, 15) is 13.2 Å². The Bertz CT molecular complexity index is 896. The van der Waals surface area contributed by atoms with Crippen molar-refractivity contribution in [2.75, 3.05) is 25.1 Å². The molecule has 1 aromatic heterocycles. The molecule has 0 radical (unpaired) electrons. The van der Waals surface area contributed by atoms with Crippen molar-refractivity contribution in [1.29, 1.82) is 0 Å². The Morgan fingerprint density at radius 2 is 2.12 bits per heavy atom. The first-order valence-electron chi connectivity index (χ1n) is 8.03. The standard InChI is InChI=1S/C18H22N2O3S/c1-19-12-15(16-5-3-4-6-17(16)19)7-8-18(21)20(2)11-14-9-10-24(22,23)13-14/h3-8,12,14H,9-11,13H2,1-2H3/b8-7+/t14-/m1/s1. The molecular formula is C18H22N2O3S. The third-order valence-electron chi connectivity index (χ3n) is 4.57. The first kappa shape index (κ1) is 16.8. The number of aryl methyl sites for hydroxylation is 1. The van der Waals surface area contributed by atoms with Crippen LogP contribution in [0.5, 0.6) is 0 Å². The molecule has 24 heavy (non-hydrogen) atoms. The Balaban J connectivity index is 1.68. The van der Waals surface area contributed by atoms with Crippen molar-refractivity contribution in [3.63, 3.8) is 0 Å². The van der Waals surface area contributed by atoms with Crippen molar-refractivity contribution in [2.45, 2.75) is 6.42 Å². The number of aromatic nitrogens is 1. The highest BCUT2D eigenvalue weighted by atomic mass is 32.2. The van der Waals surface area contributed by atoms with Crippen molar-refractivity contribution in [2.24, 2.45) is 13.0 Å². The quantitative estimate of drug-likeness (QED) is 0.797. The molecular weight excluding hydrogens is 324 g/mol. The van der Waals surface area contributed by atoms with Gasteiger partial charge in [0.1, 0.15) is 0 Å². The molecule has 0 saturated carbocycles. The highest BCUT2D eigenvalue weighted by Gasteiger charge is 2.29. The largest absolute Gasteiger partial charge is 0.350 e. The lowest BCUT2D eigenvalue weighted by Crippen LogP contribution is -2.31. The van der Waals surface area contributed by atoms with Crippen LogP contribution in [0.1, 0.15) is 12.0 Å². The van der Waals surface area contributed by atoms with Gasteiger partial charge in [0.05, 0.1) is 11.5 Å². The van der Waals surface area contributed by atoms with Gasteiger partial charge in [-0.3, -0.25) is 4.79 Å². The summed E-state index contributed by atoms with van der Waals surface area (Å²) in [5, 5.41) is 1.11. The number of sulfone groups is 1. The summed E-state index contributed by atoms with van der Waals surface area (Å²) in [7, 11) is 0.801. The van der Waals surface area contributed by atoms with Gasteiger partial charge in [0.15, 0.2) is 9.84 Å². The van der Waals surface area contributed by atoms with Crippen molar-refractivity contribution >= 4 is 32.7 Å².